The van der Waals surface area contributed by atoms with Crippen LogP contribution in [0.25, 0.3) is 0 Å². The Kier molecular flexibility index (Phi) is 7.04. The molecule has 0 aromatic heterocycles. The second-order valence-corrected chi connectivity index (χ2v) is 5.07. The number of amides is 1. The molecule has 5 nitrogen and oxygen atoms in total. The molecule has 0 radical (unpaired) electrons. The standard InChI is InChI=1S/C15H25N3O2/c1-17(2)14-8-6-13(7-9-14)16-15(19)12-18(3)10-5-11-20-4/h6-9H,5,10-12H2,1-4H3,(H,16,19). The van der Waals surface area contributed by atoms with Crippen LogP contribution in [0.5, 0.6) is 0 Å². The molecule has 0 saturated heterocycles. The van der Waals surface area contributed by atoms with Crippen molar-refractivity contribution in [3.63, 3.8) is 0 Å². The van der Waals surface area contributed by atoms with Gasteiger partial charge in [-0.2, -0.15) is 0 Å². The van der Waals surface area contributed by atoms with Gasteiger partial charge in [-0.25, -0.2) is 0 Å². The van der Waals surface area contributed by atoms with Crippen LogP contribution < -0.4 is 10.2 Å². The number of rotatable bonds is 8. The average molecular weight is 279 g/mol. The van der Waals surface area contributed by atoms with Gasteiger partial charge in [0.2, 0.25) is 5.91 Å². The zero-order chi connectivity index (χ0) is 15.0. The van der Waals surface area contributed by atoms with Crippen molar-refractivity contribution in [3.05, 3.63) is 24.3 Å². The lowest BCUT2D eigenvalue weighted by Crippen LogP contribution is -2.31. The van der Waals surface area contributed by atoms with Crippen molar-refractivity contribution in [2.24, 2.45) is 0 Å². The molecule has 0 aliphatic carbocycles. The maximum absolute atomic E-state index is 11.9. The van der Waals surface area contributed by atoms with Gasteiger partial charge >= 0.3 is 0 Å². The molecule has 0 aliphatic heterocycles. The largest absolute Gasteiger partial charge is 0.385 e. The minimum absolute atomic E-state index is 0.00233. The zero-order valence-corrected chi connectivity index (χ0v) is 12.8. The van der Waals surface area contributed by atoms with E-state index < -0.39 is 0 Å². The second-order valence-electron chi connectivity index (χ2n) is 5.07. The van der Waals surface area contributed by atoms with Gasteiger partial charge in [0, 0.05) is 45.7 Å². The number of carbonyl (C=O) groups is 1. The minimum atomic E-state index is 0.00233. The van der Waals surface area contributed by atoms with Crippen molar-refractivity contribution in [2.75, 3.05) is 58.2 Å². The Hall–Kier alpha value is -1.59. The molecule has 1 aromatic rings. The summed E-state index contributed by atoms with van der Waals surface area (Å²) in [5.41, 5.74) is 1.94. The average Bonchev–Trinajstić information content (AvgIpc) is 2.39. The predicted octanol–water partition coefficient (Wildman–Crippen LogP) is 1.66. The SMILES string of the molecule is COCCCN(C)CC(=O)Nc1ccc(N(C)C)cc1. The normalized spacial score (nSPS) is 10.7. The molecule has 0 fully saturated rings. The van der Waals surface area contributed by atoms with Crippen LogP contribution in [0, 0.1) is 0 Å². The lowest BCUT2D eigenvalue weighted by Gasteiger charge is -2.16. The van der Waals surface area contributed by atoms with Gasteiger partial charge in [0.15, 0.2) is 0 Å². The number of ether oxygens (including phenoxy) is 1. The molecule has 0 spiro atoms. The molecule has 0 bridgehead atoms. The third-order valence-electron chi connectivity index (χ3n) is 2.97. The third-order valence-corrected chi connectivity index (χ3v) is 2.97. The first kappa shape index (κ1) is 16.5. The number of benzene rings is 1. The Morgan fingerprint density at radius 3 is 2.40 bits per heavy atom. The van der Waals surface area contributed by atoms with E-state index in [-0.39, 0.29) is 5.91 Å². The number of hydrogen-bond donors (Lipinski definition) is 1. The molecule has 1 rings (SSSR count). The number of hydrogen-bond acceptors (Lipinski definition) is 4. The molecule has 0 heterocycles. The fraction of sp³-hybridized carbons (Fsp3) is 0.533. The topological polar surface area (TPSA) is 44.8 Å². The van der Waals surface area contributed by atoms with Gasteiger partial charge in [-0.15, -0.1) is 0 Å². The summed E-state index contributed by atoms with van der Waals surface area (Å²) in [6.07, 6.45) is 0.928. The van der Waals surface area contributed by atoms with Crippen LogP contribution in [-0.4, -0.2) is 58.8 Å². The number of anilines is 2. The molecule has 0 saturated carbocycles. The number of likely N-dealkylation sites (N-methyl/N-ethyl adjacent to an activating group) is 1. The minimum Gasteiger partial charge on any atom is -0.385 e. The molecular formula is C15H25N3O2. The maximum Gasteiger partial charge on any atom is 0.238 e. The molecule has 0 atom stereocenters. The summed E-state index contributed by atoms with van der Waals surface area (Å²) in [5.74, 6) is 0.00233. The summed E-state index contributed by atoms with van der Waals surface area (Å²) in [6.45, 7) is 1.96. The summed E-state index contributed by atoms with van der Waals surface area (Å²) < 4.78 is 4.99. The molecule has 0 unspecified atom stereocenters. The monoisotopic (exact) mass is 279 g/mol. The summed E-state index contributed by atoms with van der Waals surface area (Å²) in [7, 11) is 7.60. The molecule has 20 heavy (non-hydrogen) atoms. The van der Waals surface area contributed by atoms with E-state index in [4.69, 9.17) is 4.74 Å². The Bertz CT molecular complexity index is 404. The molecule has 1 N–H and O–H groups in total. The van der Waals surface area contributed by atoms with E-state index in [1.807, 2.05) is 55.2 Å². The molecular weight excluding hydrogens is 254 g/mol. The van der Waals surface area contributed by atoms with E-state index in [2.05, 4.69) is 5.32 Å². The first-order chi connectivity index (χ1) is 9.52. The highest BCUT2D eigenvalue weighted by Gasteiger charge is 2.06. The van der Waals surface area contributed by atoms with Gasteiger partial charge in [0.1, 0.15) is 0 Å². The summed E-state index contributed by atoms with van der Waals surface area (Å²) >= 11 is 0. The molecule has 0 aliphatic rings. The fourth-order valence-electron chi connectivity index (χ4n) is 1.85. The van der Waals surface area contributed by atoms with E-state index in [1.165, 1.54) is 0 Å². The van der Waals surface area contributed by atoms with Crippen molar-refractivity contribution in [2.45, 2.75) is 6.42 Å². The molecule has 1 aromatic carbocycles. The highest BCUT2D eigenvalue weighted by atomic mass is 16.5. The zero-order valence-electron chi connectivity index (χ0n) is 12.8. The van der Waals surface area contributed by atoms with Crippen LogP contribution in [0.3, 0.4) is 0 Å². The van der Waals surface area contributed by atoms with Crippen molar-refractivity contribution in [1.82, 2.24) is 4.90 Å². The van der Waals surface area contributed by atoms with E-state index in [1.54, 1.807) is 7.11 Å². The summed E-state index contributed by atoms with van der Waals surface area (Å²) in [5, 5.41) is 2.90. The number of nitrogens with zero attached hydrogens (tertiary/aromatic N) is 2. The van der Waals surface area contributed by atoms with Crippen LogP contribution in [0.15, 0.2) is 24.3 Å². The van der Waals surface area contributed by atoms with Gasteiger partial charge in [0.05, 0.1) is 6.54 Å². The van der Waals surface area contributed by atoms with Crippen LogP contribution in [-0.2, 0) is 9.53 Å². The van der Waals surface area contributed by atoms with Gasteiger partial charge < -0.3 is 15.0 Å². The second kappa shape index (κ2) is 8.55. The maximum atomic E-state index is 11.9. The van der Waals surface area contributed by atoms with Crippen LogP contribution >= 0.6 is 0 Å². The van der Waals surface area contributed by atoms with Crippen molar-refractivity contribution in [1.29, 1.82) is 0 Å². The Labute approximate surface area is 121 Å². The van der Waals surface area contributed by atoms with E-state index in [0.29, 0.717) is 6.54 Å². The van der Waals surface area contributed by atoms with Crippen molar-refractivity contribution >= 4 is 17.3 Å². The highest BCUT2D eigenvalue weighted by molar-refractivity contribution is 5.92. The van der Waals surface area contributed by atoms with E-state index in [0.717, 1.165) is 30.9 Å². The molecule has 112 valence electrons. The lowest BCUT2D eigenvalue weighted by molar-refractivity contribution is -0.117. The van der Waals surface area contributed by atoms with Gasteiger partial charge in [0.25, 0.3) is 0 Å². The third kappa shape index (κ3) is 6.04. The van der Waals surface area contributed by atoms with Crippen molar-refractivity contribution < 1.29 is 9.53 Å². The van der Waals surface area contributed by atoms with E-state index in [9.17, 15) is 4.79 Å². The van der Waals surface area contributed by atoms with Gasteiger partial charge in [-0.05, 0) is 37.7 Å². The summed E-state index contributed by atoms with van der Waals surface area (Å²) in [6, 6.07) is 7.80. The fourth-order valence-corrected chi connectivity index (χ4v) is 1.85. The quantitative estimate of drug-likeness (QED) is 0.735. The summed E-state index contributed by atoms with van der Waals surface area (Å²) in [4.78, 5) is 15.9. The highest BCUT2D eigenvalue weighted by Crippen LogP contribution is 2.15. The number of nitrogens with one attached hydrogen (secondary N) is 1. The Morgan fingerprint density at radius 1 is 1.20 bits per heavy atom. The molecule has 5 heteroatoms. The smallest absolute Gasteiger partial charge is 0.238 e. The predicted molar refractivity (Wildman–Crippen MR) is 83.4 cm³/mol. The Morgan fingerprint density at radius 2 is 1.85 bits per heavy atom. The number of methoxy groups -OCH3 is 1. The van der Waals surface area contributed by atoms with Gasteiger partial charge in [-0.1, -0.05) is 0 Å². The lowest BCUT2D eigenvalue weighted by atomic mass is 10.2. The number of carbonyl (C=O) groups excluding carboxylic acids is 1. The Balaban J connectivity index is 2.38. The van der Waals surface area contributed by atoms with Crippen molar-refractivity contribution in [3.8, 4) is 0 Å². The van der Waals surface area contributed by atoms with Crippen LogP contribution in [0.1, 0.15) is 6.42 Å². The van der Waals surface area contributed by atoms with Gasteiger partial charge in [-0.3, -0.25) is 9.69 Å². The van der Waals surface area contributed by atoms with Crippen LogP contribution in [0.4, 0.5) is 11.4 Å². The first-order valence-electron chi connectivity index (χ1n) is 6.77. The van der Waals surface area contributed by atoms with E-state index >= 15 is 0 Å². The first-order valence-corrected chi connectivity index (χ1v) is 6.77. The van der Waals surface area contributed by atoms with Crippen LogP contribution in [0.2, 0.25) is 0 Å². The molecule has 1 amide bonds.